The van der Waals surface area contributed by atoms with Gasteiger partial charge in [0.25, 0.3) is 0 Å². The monoisotopic (exact) mass is 242 g/mol. The molecule has 0 fully saturated rings. The Morgan fingerprint density at radius 1 is 1.50 bits per heavy atom. The van der Waals surface area contributed by atoms with Gasteiger partial charge in [-0.15, -0.1) is 11.8 Å². The number of hydrogen-bond acceptors (Lipinski definition) is 6. The van der Waals surface area contributed by atoms with E-state index in [9.17, 15) is 0 Å². The molecule has 0 spiro atoms. The topological polar surface area (TPSA) is 84.1 Å². The molecule has 5 nitrogen and oxygen atoms in total. The van der Waals surface area contributed by atoms with Crippen LogP contribution in [0.15, 0.2) is 11.1 Å². The van der Waals surface area contributed by atoms with Crippen LogP contribution in [0.5, 0.6) is 0 Å². The normalized spacial score (nSPS) is 10.4. The second-order valence-electron chi connectivity index (χ2n) is 3.30. The molecule has 0 saturated carbocycles. The molecule has 0 bridgehead atoms. The number of nitrogens with zero attached hydrogens (tertiary/aromatic N) is 2. The molecule has 0 radical (unpaired) electrons. The van der Waals surface area contributed by atoms with Crippen LogP contribution in [0.2, 0.25) is 0 Å². The van der Waals surface area contributed by atoms with Crippen LogP contribution in [0.4, 0.5) is 11.8 Å². The summed E-state index contributed by atoms with van der Waals surface area (Å²) in [5.74, 6) is 1.88. The molecule has 4 N–H and O–H groups in total. The van der Waals surface area contributed by atoms with Crippen molar-refractivity contribution in [3.8, 4) is 0 Å². The molecule has 1 aromatic heterocycles. The lowest BCUT2D eigenvalue weighted by atomic mass is 10.4. The number of aliphatic hydroxyl groups excluding tert-OH is 1. The number of anilines is 2. The summed E-state index contributed by atoms with van der Waals surface area (Å²) in [6.07, 6.45) is 1.79. The van der Waals surface area contributed by atoms with Gasteiger partial charge in [-0.1, -0.05) is 6.92 Å². The Bertz CT molecular complexity index is 322. The molecule has 6 heteroatoms. The first-order valence-electron chi connectivity index (χ1n) is 5.38. The fraction of sp³-hybridized carbons (Fsp3) is 0.600. The van der Waals surface area contributed by atoms with E-state index in [-0.39, 0.29) is 12.6 Å². The molecule has 0 unspecified atom stereocenters. The van der Waals surface area contributed by atoms with Crippen LogP contribution in [-0.2, 0) is 0 Å². The molecule has 0 atom stereocenters. The highest BCUT2D eigenvalue weighted by atomic mass is 32.2. The van der Waals surface area contributed by atoms with Crippen LogP contribution in [0, 0.1) is 0 Å². The quantitative estimate of drug-likeness (QED) is 0.380. The van der Waals surface area contributed by atoms with Crippen molar-refractivity contribution in [2.75, 3.05) is 30.0 Å². The predicted octanol–water partition coefficient (Wildman–Crippen LogP) is 1.36. The van der Waals surface area contributed by atoms with Crippen LogP contribution in [-0.4, -0.2) is 34.0 Å². The molecule has 0 aliphatic rings. The molecule has 0 aromatic carbocycles. The smallest absolute Gasteiger partial charge is 0.223 e. The van der Waals surface area contributed by atoms with Gasteiger partial charge in [0.05, 0.1) is 0 Å². The second-order valence-corrected chi connectivity index (χ2v) is 4.42. The van der Waals surface area contributed by atoms with Gasteiger partial charge in [-0.3, -0.25) is 0 Å². The largest absolute Gasteiger partial charge is 0.396 e. The molecule has 1 rings (SSSR count). The van der Waals surface area contributed by atoms with Gasteiger partial charge in [0.2, 0.25) is 5.95 Å². The second kappa shape index (κ2) is 7.29. The summed E-state index contributed by atoms with van der Waals surface area (Å²) < 4.78 is 0. The summed E-state index contributed by atoms with van der Waals surface area (Å²) in [7, 11) is 0. The van der Waals surface area contributed by atoms with E-state index in [4.69, 9.17) is 10.8 Å². The van der Waals surface area contributed by atoms with E-state index in [1.54, 1.807) is 11.8 Å². The molecule has 0 amide bonds. The van der Waals surface area contributed by atoms with Crippen molar-refractivity contribution in [3.05, 3.63) is 6.07 Å². The number of aromatic nitrogens is 2. The number of aliphatic hydroxyl groups is 1. The number of nitrogens with two attached hydrogens (primary N) is 1. The fourth-order valence-corrected chi connectivity index (χ4v) is 1.94. The van der Waals surface area contributed by atoms with Gasteiger partial charge < -0.3 is 16.2 Å². The summed E-state index contributed by atoms with van der Waals surface area (Å²) in [6.45, 7) is 3.17. The van der Waals surface area contributed by atoms with Gasteiger partial charge in [0.1, 0.15) is 10.8 Å². The highest BCUT2D eigenvalue weighted by Gasteiger charge is 2.02. The number of thioether (sulfide) groups is 1. The molecular formula is C10H18N4OS. The van der Waals surface area contributed by atoms with Crippen molar-refractivity contribution >= 4 is 23.5 Å². The first-order chi connectivity index (χ1) is 7.76. The molecule has 1 aromatic rings. The third kappa shape index (κ3) is 4.67. The van der Waals surface area contributed by atoms with Crippen LogP contribution in [0.1, 0.15) is 19.8 Å². The van der Waals surface area contributed by atoms with E-state index >= 15 is 0 Å². The Balaban J connectivity index is 2.58. The lowest BCUT2D eigenvalue weighted by molar-refractivity contribution is 0.296. The van der Waals surface area contributed by atoms with Crippen LogP contribution in [0.25, 0.3) is 0 Å². The van der Waals surface area contributed by atoms with Gasteiger partial charge in [0.15, 0.2) is 0 Å². The van der Waals surface area contributed by atoms with E-state index in [2.05, 4.69) is 22.2 Å². The highest BCUT2D eigenvalue weighted by Crippen LogP contribution is 2.19. The van der Waals surface area contributed by atoms with Gasteiger partial charge in [-0.05, 0) is 12.8 Å². The zero-order valence-electron chi connectivity index (χ0n) is 9.44. The standard InChI is InChI=1S/C10H18N4OS/c1-2-4-12-8-7-9(14-10(11)13-8)16-6-3-5-15/h7,15H,2-6H2,1H3,(H3,11,12,13,14). The molecule has 16 heavy (non-hydrogen) atoms. The minimum Gasteiger partial charge on any atom is -0.396 e. The molecular weight excluding hydrogens is 224 g/mol. The van der Waals surface area contributed by atoms with E-state index in [1.807, 2.05) is 6.07 Å². The van der Waals surface area contributed by atoms with Gasteiger partial charge >= 0.3 is 0 Å². The Morgan fingerprint density at radius 2 is 2.31 bits per heavy atom. The van der Waals surface area contributed by atoms with Crippen molar-refractivity contribution in [1.82, 2.24) is 9.97 Å². The third-order valence-electron chi connectivity index (χ3n) is 1.83. The zero-order valence-corrected chi connectivity index (χ0v) is 10.3. The first kappa shape index (κ1) is 13.1. The summed E-state index contributed by atoms with van der Waals surface area (Å²) >= 11 is 1.58. The van der Waals surface area contributed by atoms with Crippen LogP contribution in [0.3, 0.4) is 0 Å². The minimum atomic E-state index is 0.203. The van der Waals surface area contributed by atoms with E-state index in [1.165, 1.54) is 0 Å². The number of hydrogen-bond donors (Lipinski definition) is 3. The van der Waals surface area contributed by atoms with Crippen molar-refractivity contribution < 1.29 is 5.11 Å². The summed E-state index contributed by atoms with van der Waals surface area (Å²) in [5.41, 5.74) is 5.61. The average Bonchev–Trinajstić information content (AvgIpc) is 2.26. The van der Waals surface area contributed by atoms with Crippen molar-refractivity contribution in [1.29, 1.82) is 0 Å². The van der Waals surface area contributed by atoms with Gasteiger partial charge in [-0.25, -0.2) is 4.98 Å². The molecule has 90 valence electrons. The Labute approximate surface area is 99.9 Å². The van der Waals surface area contributed by atoms with E-state index in [0.717, 1.165) is 36.0 Å². The number of nitrogens with one attached hydrogen (secondary N) is 1. The fourth-order valence-electron chi connectivity index (χ4n) is 1.10. The minimum absolute atomic E-state index is 0.203. The lowest BCUT2D eigenvalue weighted by Gasteiger charge is -2.06. The molecule has 1 heterocycles. The molecule has 0 saturated heterocycles. The Morgan fingerprint density at radius 3 is 3.00 bits per heavy atom. The maximum absolute atomic E-state index is 8.69. The lowest BCUT2D eigenvalue weighted by Crippen LogP contribution is -2.05. The van der Waals surface area contributed by atoms with E-state index in [0.29, 0.717) is 0 Å². The Hall–Kier alpha value is -1.01. The average molecular weight is 242 g/mol. The molecule has 0 aliphatic heterocycles. The molecule has 0 aliphatic carbocycles. The summed E-state index contributed by atoms with van der Waals surface area (Å²) in [4.78, 5) is 8.21. The van der Waals surface area contributed by atoms with Gasteiger partial charge in [0, 0.05) is 25.0 Å². The predicted molar refractivity (Wildman–Crippen MR) is 67.7 cm³/mol. The maximum Gasteiger partial charge on any atom is 0.223 e. The third-order valence-corrected chi connectivity index (χ3v) is 2.83. The Kier molecular flexibility index (Phi) is 5.95. The SMILES string of the molecule is CCCNc1cc(SCCCO)nc(N)n1. The summed E-state index contributed by atoms with van der Waals surface area (Å²) in [6, 6.07) is 1.88. The van der Waals surface area contributed by atoms with Crippen molar-refractivity contribution in [2.45, 2.75) is 24.8 Å². The highest BCUT2D eigenvalue weighted by molar-refractivity contribution is 7.99. The van der Waals surface area contributed by atoms with Crippen LogP contribution >= 0.6 is 11.8 Å². The number of nitrogen functional groups attached to an aromatic ring is 1. The zero-order chi connectivity index (χ0) is 11.8. The van der Waals surface area contributed by atoms with Crippen LogP contribution < -0.4 is 11.1 Å². The summed E-state index contributed by atoms with van der Waals surface area (Å²) in [5, 5.41) is 12.7. The maximum atomic E-state index is 8.69. The number of rotatable bonds is 7. The van der Waals surface area contributed by atoms with E-state index < -0.39 is 0 Å². The van der Waals surface area contributed by atoms with Gasteiger partial charge in [-0.2, -0.15) is 4.98 Å². The van der Waals surface area contributed by atoms with Crippen molar-refractivity contribution in [2.24, 2.45) is 0 Å². The van der Waals surface area contributed by atoms with Crippen molar-refractivity contribution in [3.63, 3.8) is 0 Å². The first-order valence-corrected chi connectivity index (χ1v) is 6.37.